The molecule has 0 aromatic heterocycles. The van der Waals surface area contributed by atoms with E-state index in [-0.39, 0.29) is 24.4 Å². The molecule has 0 spiro atoms. The van der Waals surface area contributed by atoms with Gasteiger partial charge >= 0.3 is 0 Å². The average Bonchev–Trinajstić information content (AvgIpc) is 3.28. The van der Waals surface area contributed by atoms with Gasteiger partial charge in [-0.3, -0.25) is 0 Å². The molecule has 0 fully saturated rings. The Kier molecular flexibility index (Phi) is 16.8. The van der Waals surface area contributed by atoms with Crippen molar-refractivity contribution in [3.05, 3.63) is 203 Å². The lowest BCUT2D eigenvalue weighted by atomic mass is 9.96. The summed E-state index contributed by atoms with van der Waals surface area (Å²) in [5.74, 6) is 1.65. The zero-order chi connectivity index (χ0) is 41.9. The van der Waals surface area contributed by atoms with Gasteiger partial charge in [-0.25, -0.2) is 0 Å². The maximum atomic E-state index is 6.77. The Morgan fingerprint density at radius 3 is 1.38 bits per heavy atom. The fourth-order valence-electron chi connectivity index (χ4n) is 7.21. The number of aryl methyl sites for hydroxylation is 1. The minimum atomic E-state index is -0.273. The highest BCUT2D eigenvalue weighted by Gasteiger charge is 2.17. The first-order valence-corrected chi connectivity index (χ1v) is 21.5. The molecule has 4 unspecified atom stereocenters. The maximum absolute atomic E-state index is 6.77. The number of hydrogen-bond acceptors (Lipinski definition) is 5. The van der Waals surface area contributed by atoms with Gasteiger partial charge in [-0.15, -0.1) is 0 Å². The van der Waals surface area contributed by atoms with Crippen molar-refractivity contribution in [2.75, 3.05) is 5.32 Å². The average molecular weight is 800 g/mol. The molecule has 0 radical (unpaired) electrons. The summed E-state index contributed by atoms with van der Waals surface area (Å²) in [5, 5.41) is 3.71. The number of hydrogen-bond donors (Lipinski definition) is 1. The Bertz CT molecular complexity index is 2200. The monoisotopic (exact) mass is 799 g/mol. The van der Waals surface area contributed by atoms with E-state index in [1.165, 1.54) is 0 Å². The van der Waals surface area contributed by atoms with Crippen LogP contribution in [0.25, 0.3) is 12.2 Å². The van der Waals surface area contributed by atoms with E-state index in [1.807, 2.05) is 66.7 Å². The number of ether oxygens (including phenoxy) is 4. The van der Waals surface area contributed by atoms with E-state index in [4.69, 9.17) is 18.9 Å². The van der Waals surface area contributed by atoms with Gasteiger partial charge in [0.1, 0.15) is 36.9 Å². The predicted octanol–water partition coefficient (Wildman–Crippen LogP) is 14.8. The second kappa shape index (κ2) is 23.1. The fraction of sp³-hybridized carbons (Fsp3) is 0.273. The van der Waals surface area contributed by atoms with Crippen molar-refractivity contribution < 1.29 is 18.9 Å². The minimum Gasteiger partial charge on any atom is -0.489 e. The molecule has 0 aliphatic heterocycles. The Balaban J connectivity index is 1.32. The van der Waals surface area contributed by atoms with Crippen LogP contribution in [0.3, 0.4) is 0 Å². The molecule has 0 amide bonds. The predicted molar refractivity (Wildman–Crippen MR) is 250 cm³/mol. The van der Waals surface area contributed by atoms with Crippen LogP contribution in [-0.4, -0.2) is 12.2 Å². The molecule has 310 valence electrons. The summed E-state index contributed by atoms with van der Waals surface area (Å²) in [6.45, 7) is 11.9. The van der Waals surface area contributed by atoms with Crippen LogP contribution in [0.15, 0.2) is 164 Å². The highest BCUT2D eigenvalue weighted by atomic mass is 16.5. The number of nitrogens with one attached hydrogen (secondary N) is 1. The minimum absolute atomic E-state index is 0.0793. The van der Waals surface area contributed by atoms with Crippen molar-refractivity contribution in [2.24, 2.45) is 0 Å². The first-order valence-electron chi connectivity index (χ1n) is 21.5. The van der Waals surface area contributed by atoms with Gasteiger partial charge in [-0.05, 0) is 109 Å². The topological polar surface area (TPSA) is 49.0 Å². The van der Waals surface area contributed by atoms with Gasteiger partial charge in [0.15, 0.2) is 0 Å². The van der Waals surface area contributed by atoms with Crippen molar-refractivity contribution in [3.8, 4) is 11.5 Å². The second-order valence-corrected chi connectivity index (χ2v) is 15.5. The molecular formula is C55H61NO4. The lowest BCUT2D eigenvalue weighted by Crippen LogP contribution is -2.12. The summed E-state index contributed by atoms with van der Waals surface area (Å²) < 4.78 is 25.8. The SMILES string of the molecule is CCCC(C)OC(/C=C/c1c(C)ccc(Nc2ccccc2)c1/C=C/C(OC(C)CCC)c1ccc(OCc2ccccc2)cc1)c1ccc(OCc2ccccc2)cc1. The molecule has 5 heteroatoms. The Morgan fingerprint density at radius 1 is 0.500 bits per heavy atom. The third-order valence-electron chi connectivity index (χ3n) is 10.5. The lowest BCUT2D eigenvalue weighted by molar-refractivity contribution is 0.0186. The van der Waals surface area contributed by atoms with Crippen LogP contribution in [-0.2, 0) is 22.7 Å². The van der Waals surface area contributed by atoms with Crippen molar-refractivity contribution >= 4 is 23.5 Å². The van der Waals surface area contributed by atoms with E-state index in [2.05, 4.69) is 149 Å². The molecule has 6 aromatic carbocycles. The molecule has 4 atom stereocenters. The highest BCUT2D eigenvalue weighted by molar-refractivity contribution is 5.80. The highest BCUT2D eigenvalue weighted by Crippen LogP contribution is 2.34. The van der Waals surface area contributed by atoms with E-state index in [9.17, 15) is 0 Å². The standard InChI is InChI=1S/C55H61NO4/c1-6-17-42(4)59-54(46-26-30-49(31-27-46)57-39-44-19-11-8-12-20-44)37-34-51-41(3)25-36-53(56-48-23-15-10-16-24-48)52(51)35-38-55(60-43(5)18-7-2)47-28-32-50(33-29-47)58-40-45-21-13-9-14-22-45/h8-16,19-38,42-43,54-56H,6-7,17-18,39-40H2,1-5H3/b37-34+,38-35+. The smallest absolute Gasteiger partial charge is 0.119 e. The quantitative estimate of drug-likeness (QED) is 0.0741. The summed E-state index contributed by atoms with van der Waals surface area (Å²) >= 11 is 0. The lowest BCUT2D eigenvalue weighted by Gasteiger charge is -2.22. The number of anilines is 2. The molecule has 1 N–H and O–H groups in total. The van der Waals surface area contributed by atoms with Gasteiger partial charge in [-0.1, -0.05) is 160 Å². The maximum Gasteiger partial charge on any atom is 0.119 e. The first-order chi connectivity index (χ1) is 29.4. The van der Waals surface area contributed by atoms with Crippen LogP contribution < -0.4 is 14.8 Å². The number of benzene rings is 6. The van der Waals surface area contributed by atoms with Crippen molar-refractivity contribution in [1.29, 1.82) is 0 Å². The van der Waals surface area contributed by atoms with E-state index < -0.39 is 0 Å². The summed E-state index contributed by atoms with van der Waals surface area (Å²) in [6, 6.07) is 51.8. The zero-order valence-corrected chi connectivity index (χ0v) is 35.9. The van der Waals surface area contributed by atoms with Crippen LogP contribution in [0.2, 0.25) is 0 Å². The summed E-state index contributed by atoms with van der Waals surface area (Å²) in [6.07, 6.45) is 12.5. The Hall–Kier alpha value is -5.88. The van der Waals surface area contributed by atoms with Crippen LogP contribution in [0.1, 0.15) is 105 Å². The molecule has 5 nitrogen and oxygen atoms in total. The largest absolute Gasteiger partial charge is 0.489 e. The zero-order valence-electron chi connectivity index (χ0n) is 35.9. The van der Waals surface area contributed by atoms with Crippen LogP contribution in [0.5, 0.6) is 11.5 Å². The molecule has 0 saturated carbocycles. The molecule has 60 heavy (non-hydrogen) atoms. The third-order valence-corrected chi connectivity index (χ3v) is 10.5. The van der Waals surface area contributed by atoms with E-state index in [0.717, 1.165) is 87.5 Å². The van der Waals surface area contributed by atoms with Gasteiger partial charge in [0.25, 0.3) is 0 Å². The molecule has 6 rings (SSSR count). The van der Waals surface area contributed by atoms with Crippen LogP contribution in [0, 0.1) is 6.92 Å². The number of rotatable bonds is 22. The summed E-state index contributed by atoms with van der Waals surface area (Å²) in [7, 11) is 0. The molecule has 0 aliphatic rings. The molecular weight excluding hydrogens is 739 g/mol. The summed E-state index contributed by atoms with van der Waals surface area (Å²) in [4.78, 5) is 0. The van der Waals surface area contributed by atoms with Gasteiger partial charge in [-0.2, -0.15) is 0 Å². The van der Waals surface area contributed by atoms with E-state index in [0.29, 0.717) is 13.2 Å². The van der Waals surface area contributed by atoms with Crippen molar-refractivity contribution in [2.45, 2.75) is 97.9 Å². The Morgan fingerprint density at radius 2 is 0.933 bits per heavy atom. The van der Waals surface area contributed by atoms with Gasteiger partial charge in [0.2, 0.25) is 0 Å². The van der Waals surface area contributed by atoms with Crippen LogP contribution in [0.4, 0.5) is 11.4 Å². The first kappa shape index (κ1) is 43.7. The van der Waals surface area contributed by atoms with E-state index in [1.54, 1.807) is 0 Å². The van der Waals surface area contributed by atoms with Gasteiger partial charge < -0.3 is 24.3 Å². The van der Waals surface area contributed by atoms with Crippen molar-refractivity contribution in [1.82, 2.24) is 0 Å². The van der Waals surface area contributed by atoms with E-state index >= 15 is 0 Å². The molecule has 0 bridgehead atoms. The Labute approximate surface area is 358 Å². The third kappa shape index (κ3) is 13.3. The molecule has 0 heterocycles. The molecule has 0 aliphatic carbocycles. The fourth-order valence-corrected chi connectivity index (χ4v) is 7.21. The second-order valence-electron chi connectivity index (χ2n) is 15.5. The molecule has 6 aromatic rings. The normalized spacial score (nSPS) is 13.6. The van der Waals surface area contributed by atoms with Crippen LogP contribution >= 0.6 is 0 Å². The number of para-hydroxylation sites is 1. The van der Waals surface area contributed by atoms with Gasteiger partial charge in [0.05, 0.1) is 12.2 Å². The summed E-state index contributed by atoms with van der Waals surface area (Å²) in [5.41, 5.74) is 9.77. The molecule has 0 saturated heterocycles. The van der Waals surface area contributed by atoms with Gasteiger partial charge in [0, 0.05) is 16.9 Å². The van der Waals surface area contributed by atoms with Crippen molar-refractivity contribution in [3.63, 3.8) is 0 Å².